The van der Waals surface area contributed by atoms with Crippen LogP contribution in [-0.2, 0) is 16.0 Å². The van der Waals surface area contributed by atoms with E-state index in [-0.39, 0.29) is 18.3 Å². The highest BCUT2D eigenvalue weighted by molar-refractivity contribution is 7.22. The number of rotatable bonds is 8. The number of aryl methyl sites for hydroxylation is 2. The summed E-state index contributed by atoms with van der Waals surface area (Å²) in [5, 5.41) is 1.47. The first-order valence-corrected chi connectivity index (χ1v) is 12.0. The van der Waals surface area contributed by atoms with E-state index in [2.05, 4.69) is 17.0 Å². The van der Waals surface area contributed by atoms with Crippen molar-refractivity contribution in [3.8, 4) is 0 Å². The predicted octanol–water partition coefficient (Wildman–Crippen LogP) is 5.37. The number of hydrogen-bond donors (Lipinski definition) is 0. The molecule has 0 spiro atoms. The van der Waals surface area contributed by atoms with E-state index >= 15 is 0 Å². The van der Waals surface area contributed by atoms with Crippen molar-refractivity contribution >= 4 is 56.6 Å². The van der Waals surface area contributed by atoms with Gasteiger partial charge in [-0.1, -0.05) is 53.3 Å². The van der Waals surface area contributed by atoms with Crippen molar-refractivity contribution in [2.45, 2.75) is 26.2 Å². The molecule has 0 saturated carbocycles. The van der Waals surface area contributed by atoms with Gasteiger partial charge in [-0.05, 0) is 43.0 Å². The zero-order valence-corrected chi connectivity index (χ0v) is 20.6. The van der Waals surface area contributed by atoms with Gasteiger partial charge in [-0.3, -0.25) is 14.6 Å². The van der Waals surface area contributed by atoms with E-state index in [0.29, 0.717) is 18.0 Å². The first kappa shape index (κ1) is 24.9. The Kier molecular flexibility index (Phi) is 9.32. The third-order valence-corrected chi connectivity index (χ3v) is 7.15. The summed E-state index contributed by atoms with van der Waals surface area (Å²) in [5.41, 5.74) is 3.03. The van der Waals surface area contributed by atoms with Crippen LogP contribution in [0.4, 0.5) is 5.13 Å². The molecule has 3 aromatic rings. The van der Waals surface area contributed by atoms with Crippen molar-refractivity contribution in [1.82, 2.24) is 9.88 Å². The maximum atomic E-state index is 13.3. The van der Waals surface area contributed by atoms with E-state index in [1.54, 1.807) is 11.3 Å². The Hall–Kier alpha value is -1.70. The lowest BCUT2D eigenvalue weighted by atomic mass is 10.1. The minimum atomic E-state index is 0. The van der Waals surface area contributed by atoms with Gasteiger partial charge >= 0.3 is 0 Å². The third-order valence-electron chi connectivity index (χ3n) is 5.70. The molecule has 1 fully saturated rings. The van der Waals surface area contributed by atoms with Crippen molar-refractivity contribution in [3.63, 3.8) is 0 Å². The Labute approximate surface area is 204 Å². The van der Waals surface area contributed by atoms with E-state index in [1.165, 1.54) is 5.56 Å². The maximum absolute atomic E-state index is 13.3. The molecule has 0 bridgehead atoms. The Balaban J connectivity index is 0.00000289. The molecule has 2 heterocycles. The van der Waals surface area contributed by atoms with Crippen LogP contribution in [0.25, 0.3) is 10.2 Å². The molecule has 0 N–H and O–H groups in total. The summed E-state index contributed by atoms with van der Waals surface area (Å²) in [7, 11) is 0. The number of morpholine rings is 1. The Bertz CT molecular complexity index is 1020. The summed E-state index contributed by atoms with van der Waals surface area (Å²) in [4.78, 5) is 22.4. The molecule has 0 aliphatic carbocycles. The topological polar surface area (TPSA) is 45.7 Å². The highest BCUT2D eigenvalue weighted by Gasteiger charge is 2.21. The van der Waals surface area contributed by atoms with Crippen LogP contribution in [-0.4, -0.2) is 55.2 Å². The van der Waals surface area contributed by atoms with Gasteiger partial charge in [-0.25, -0.2) is 4.98 Å². The van der Waals surface area contributed by atoms with Gasteiger partial charge in [0.2, 0.25) is 5.91 Å². The molecule has 5 nitrogen and oxygen atoms in total. The smallest absolute Gasteiger partial charge is 0.229 e. The number of carbonyl (C=O) groups excluding carboxylic acids is 1. The number of aromatic nitrogens is 1. The largest absolute Gasteiger partial charge is 0.379 e. The first-order valence-electron chi connectivity index (χ1n) is 10.8. The molecule has 1 saturated heterocycles. The van der Waals surface area contributed by atoms with E-state index in [0.717, 1.165) is 66.6 Å². The van der Waals surface area contributed by atoms with Gasteiger partial charge in [-0.2, -0.15) is 0 Å². The number of ether oxygens (including phenoxy) is 1. The summed E-state index contributed by atoms with van der Waals surface area (Å²) in [6.07, 6.45) is 2.11. The van der Waals surface area contributed by atoms with Gasteiger partial charge < -0.3 is 4.74 Å². The van der Waals surface area contributed by atoms with Crippen LogP contribution in [0.3, 0.4) is 0 Å². The molecular weight excluding hydrogens is 465 g/mol. The third kappa shape index (κ3) is 6.21. The number of anilines is 1. The van der Waals surface area contributed by atoms with Crippen molar-refractivity contribution in [3.05, 3.63) is 58.6 Å². The van der Waals surface area contributed by atoms with E-state index in [9.17, 15) is 4.79 Å². The predicted molar refractivity (Wildman–Crippen MR) is 136 cm³/mol. The monoisotopic (exact) mass is 493 g/mol. The Morgan fingerprint density at radius 3 is 2.69 bits per heavy atom. The zero-order chi connectivity index (χ0) is 21.6. The molecule has 8 heteroatoms. The van der Waals surface area contributed by atoms with Crippen molar-refractivity contribution in [2.75, 3.05) is 44.3 Å². The minimum Gasteiger partial charge on any atom is -0.379 e. The zero-order valence-electron chi connectivity index (χ0n) is 18.3. The van der Waals surface area contributed by atoms with Crippen LogP contribution in [0.15, 0.2) is 42.5 Å². The highest BCUT2D eigenvalue weighted by atomic mass is 35.5. The summed E-state index contributed by atoms with van der Waals surface area (Å²) in [5.74, 6) is 0.119. The Morgan fingerprint density at radius 2 is 1.94 bits per heavy atom. The lowest BCUT2D eigenvalue weighted by molar-refractivity contribution is -0.118. The van der Waals surface area contributed by atoms with Gasteiger partial charge in [0.15, 0.2) is 5.13 Å². The van der Waals surface area contributed by atoms with Crippen LogP contribution >= 0.6 is 35.3 Å². The number of fused-ring (bicyclic) bond motifs is 1. The summed E-state index contributed by atoms with van der Waals surface area (Å²) >= 11 is 7.86. The standard InChI is InChI=1S/C24H28ClN3O2S.ClH/c1-18-20(25)9-10-21-23(18)26-24(31-21)28(13-5-12-27-14-16-30-17-15-27)22(29)11-8-19-6-3-2-4-7-19;/h2-4,6-7,9-10H,5,8,11-17H2,1H3;1H. The van der Waals surface area contributed by atoms with Gasteiger partial charge in [0, 0.05) is 37.6 Å². The average molecular weight is 494 g/mol. The fourth-order valence-electron chi connectivity index (χ4n) is 3.84. The molecule has 32 heavy (non-hydrogen) atoms. The van der Waals surface area contributed by atoms with Crippen LogP contribution in [0.2, 0.25) is 5.02 Å². The maximum Gasteiger partial charge on any atom is 0.229 e. The quantitative estimate of drug-likeness (QED) is 0.423. The second-order valence-electron chi connectivity index (χ2n) is 7.85. The second kappa shape index (κ2) is 12.0. The number of halogens is 2. The highest BCUT2D eigenvalue weighted by Crippen LogP contribution is 2.34. The molecule has 1 amide bonds. The van der Waals surface area contributed by atoms with Crippen LogP contribution in [0.1, 0.15) is 24.0 Å². The van der Waals surface area contributed by atoms with E-state index in [1.807, 2.05) is 42.2 Å². The lowest BCUT2D eigenvalue weighted by Crippen LogP contribution is -2.39. The van der Waals surface area contributed by atoms with Gasteiger partial charge in [-0.15, -0.1) is 12.4 Å². The number of benzene rings is 2. The van der Waals surface area contributed by atoms with E-state index < -0.39 is 0 Å². The fourth-order valence-corrected chi connectivity index (χ4v) is 5.06. The molecule has 1 aliphatic rings. The molecule has 0 atom stereocenters. The number of hydrogen-bond acceptors (Lipinski definition) is 5. The summed E-state index contributed by atoms with van der Waals surface area (Å²) < 4.78 is 6.50. The molecule has 0 unspecified atom stereocenters. The van der Waals surface area contributed by atoms with E-state index in [4.69, 9.17) is 21.3 Å². The lowest BCUT2D eigenvalue weighted by Gasteiger charge is -2.27. The number of thiazole rings is 1. The van der Waals surface area contributed by atoms with Crippen molar-refractivity contribution in [1.29, 1.82) is 0 Å². The van der Waals surface area contributed by atoms with Crippen LogP contribution in [0.5, 0.6) is 0 Å². The fraction of sp³-hybridized carbons (Fsp3) is 0.417. The molecular formula is C24H29Cl2N3O2S. The van der Waals surface area contributed by atoms with Crippen molar-refractivity contribution in [2.24, 2.45) is 0 Å². The van der Waals surface area contributed by atoms with Gasteiger partial charge in [0.1, 0.15) is 0 Å². The van der Waals surface area contributed by atoms with Crippen molar-refractivity contribution < 1.29 is 9.53 Å². The molecule has 172 valence electrons. The number of amides is 1. The summed E-state index contributed by atoms with van der Waals surface area (Å²) in [6.45, 7) is 7.10. The van der Waals surface area contributed by atoms with Crippen LogP contribution in [0, 0.1) is 6.92 Å². The summed E-state index contributed by atoms with van der Waals surface area (Å²) in [6, 6.07) is 14.1. The SMILES string of the molecule is Cc1c(Cl)ccc2sc(N(CCCN3CCOCC3)C(=O)CCc3ccccc3)nc12.Cl. The number of carbonyl (C=O) groups is 1. The first-order chi connectivity index (χ1) is 15.1. The van der Waals surface area contributed by atoms with Gasteiger partial charge in [0.05, 0.1) is 23.4 Å². The Morgan fingerprint density at radius 1 is 1.19 bits per heavy atom. The molecule has 1 aromatic heterocycles. The average Bonchev–Trinajstić information content (AvgIpc) is 3.24. The number of nitrogens with zero attached hydrogens (tertiary/aromatic N) is 3. The molecule has 4 rings (SSSR count). The molecule has 2 aromatic carbocycles. The molecule has 0 radical (unpaired) electrons. The normalized spacial score (nSPS) is 14.3. The second-order valence-corrected chi connectivity index (χ2v) is 9.27. The molecule has 1 aliphatic heterocycles. The van der Waals surface area contributed by atoms with Gasteiger partial charge in [0.25, 0.3) is 0 Å². The minimum absolute atomic E-state index is 0. The van der Waals surface area contributed by atoms with Crippen LogP contribution < -0.4 is 4.90 Å².